The van der Waals surface area contributed by atoms with E-state index in [-0.39, 0.29) is 25.1 Å². The first-order valence-corrected chi connectivity index (χ1v) is 9.05. The second-order valence-electron chi connectivity index (χ2n) is 6.12. The molecule has 4 aromatic rings. The predicted octanol–water partition coefficient (Wildman–Crippen LogP) is 5.95. The average molecular weight is 399 g/mol. The van der Waals surface area contributed by atoms with E-state index in [0.29, 0.717) is 0 Å². The van der Waals surface area contributed by atoms with Crippen molar-refractivity contribution >= 4 is 25.1 Å². The Hall–Kier alpha value is -3.43. The molecule has 0 heterocycles. The molecule has 0 saturated heterocycles. The molecule has 3 heteroatoms. The molecule has 0 unspecified atom stereocenters. The number of carbonyl (C=O) groups is 2. The molecule has 0 aromatic heterocycles. The summed E-state index contributed by atoms with van der Waals surface area (Å²) in [5.74, 6) is 0.150. The third kappa shape index (κ3) is 6.30. The van der Waals surface area contributed by atoms with Gasteiger partial charge in [0.25, 0.3) is 0 Å². The number of hydrogen-bond donors (Lipinski definition) is 0. The maximum Gasteiger partial charge on any atom is 0.193 e. The topological polar surface area (TPSA) is 34.1 Å². The van der Waals surface area contributed by atoms with Crippen LogP contribution in [0.15, 0.2) is 121 Å². The van der Waals surface area contributed by atoms with Crippen LogP contribution in [0, 0.1) is 0 Å². The van der Waals surface area contributed by atoms with Crippen LogP contribution >= 0.6 is 13.5 Å². The monoisotopic (exact) mass is 398 g/mol. The minimum atomic E-state index is 0. The van der Waals surface area contributed by atoms with E-state index < -0.39 is 0 Å². The Bertz CT molecular complexity index is 845. The van der Waals surface area contributed by atoms with Crippen molar-refractivity contribution in [1.29, 1.82) is 0 Å². The zero-order valence-corrected chi connectivity index (χ0v) is 16.9. The largest absolute Gasteiger partial charge is 0.289 e. The van der Waals surface area contributed by atoms with Crippen LogP contribution in [0.25, 0.3) is 0 Å². The molecule has 29 heavy (non-hydrogen) atoms. The van der Waals surface area contributed by atoms with Gasteiger partial charge in [0.15, 0.2) is 11.6 Å². The van der Waals surface area contributed by atoms with E-state index in [0.717, 1.165) is 22.3 Å². The lowest BCUT2D eigenvalue weighted by Crippen LogP contribution is -1.99. The van der Waals surface area contributed by atoms with Gasteiger partial charge in [0.2, 0.25) is 0 Å². The van der Waals surface area contributed by atoms with Crippen LogP contribution in [-0.2, 0) is 0 Å². The zero-order chi connectivity index (χ0) is 19.6. The van der Waals surface area contributed by atoms with Crippen molar-refractivity contribution < 1.29 is 9.59 Å². The normalized spacial score (nSPS) is 9.38. The van der Waals surface area contributed by atoms with Crippen molar-refractivity contribution in [3.8, 4) is 0 Å². The van der Waals surface area contributed by atoms with E-state index in [1.54, 1.807) is 0 Å². The lowest BCUT2D eigenvalue weighted by atomic mass is 10.0. The number of hydrogen-bond acceptors (Lipinski definition) is 2. The second-order valence-corrected chi connectivity index (χ2v) is 6.12. The van der Waals surface area contributed by atoms with E-state index in [1.165, 1.54) is 0 Å². The second kappa shape index (κ2) is 11.4. The summed E-state index contributed by atoms with van der Waals surface area (Å²) in [6.45, 7) is 0. The molecule has 4 aromatic carbocycles. The molecule has 0 N–H and O–H groups in total. The first-order valence-electron chi connectivity index (χ1n) is 9.05. The predicted molar refractivity (Wildman–Crippen MR) is 123 cm³/mol. The number of rotatable bonds is 4. The fourth-order valence-electron chi connectivity index (χ4n) is 2.69. The van der Waals surface area contributed by atoms with E-state index in [4.69, 9.17) is 0 Å². The molecule has 2 nitrogen and oxygen atoms in total. The van der Waals surface area contributed by atoms with Gasteiger partial charge < -0.3 is 0 Å². The van der Waals surface area contributed by atoms with E-state index in [9.17, 15) is 9.59 Å². The van der Waals surface area contributed by atoms with Gasteiger partial charge in [0, 0.05) is 22.3 Å². The van der Waals surface area contributed by atoms with Crippen molar-refractivity contribution in [2.75, 3.05) is 0 Å². The van der Waals surface area contributed by atoms with Crippen LogP contribution in [0.1, 0.15) is 31.8 Å². The van der Waals surface area contributed by atoms with Gasteiger partial charge in [-0.15, -0.1) is 0 Å². The molecular formula is C26H22O2S. The molecule has 0 aliphatic carbocycles. The number of ketones is 2. The van der Waals surface area contributed by atoms with Gasteiger partial charge in [-0.2, -0.15) is 13.5 Å². The van der Waals surface area contributed by atoms with Gasteiger partial charge in [0.05, 0.1) is 0 Å². The molecule has 0 saturated carbocycles. The summed E-state index contributed by atoms with van der Waals surface area (Å²) in [4.78, 5) is 23.7. The molecule has 0 aliphatic heterocycles. The van der Waals surface area contributed by atoms with Gasteiger partial charge in [-0.3, -0.25) is 9.59 Å². The quantitative estimate of drug-likeness (QED) is 0.398. The first kappa shape index (κ1) is 21.9. The Labute approximate surface area is 178 Å². The van der Waals surface area contributed by atoms with Crippen molar-refractivity contribution in [1.82, 2.24) is 0 Å². The van der Waals surface area contributed by atoms with Gasteiger partial charge >= 0.3 is 0 Å². The van der Waals surface area contributed by atoms with Gasteiger partial charge in [-0.05, 0) is 0 Å². The third-order valence-corrected chi connectivity index (χ3v) is 4.14. The minimum Gasteiger partial charge on any atom is -0.289 e. The maximum atomic E-state index is 11.8. The van der Waals surface area contributed by atoms with Gasteiger partial charge in [-0.1, -0.05) is 121 Å². The highest BCUT2D eigenvalue weighted by molar-refractivity contribution is 7.59. The highest BCUT2D eigenvalue weighted by Crippen LogP contribution is 2.09. The van der Waals surface area contributed by atoms with E-state index in [1.807, 2.05) is 121 Å². The van der Waals surface area contributed by atoms with Crippen LogP contribution in [0.2, 0.25) is 0 Å². The number of benzene rings is 4. The summed E-state index contributed by atoms with van der Waals surface area (Å²) < 4.78 is 0. The third-order valence-electron chi connectivity index (χ3n) is 4.14. The molecule has 0 fully saturated rings. The molecule has 0 atom stereocenters. The summed E-state index contributed by atoms with van der Waals surface area (Å²) in [6.07, 6.45) is 0. The van der Waals surface area contributed by atoms with Crippen LogP contribution in [-0.4, -0.2) is 11.6 Å². The van der Waals surface area contributed by atoms with Crippen molar-refractivity contribution in [2.45, 2.75) is 0 Å². The zero-order valence-electron chi connectivity index (χ0n) is 15.9. The SMILES string of the molecule is O=C(c1ccccc1)c1ccccc1.O=C(c1ccccc1)c1ccccc1.S. The molecular weight excluding hydrogens is 376 g/mol. The lowest BCUT2D eigenvalue weighted by Gasteiger charge is -1.99. The van der Waals surface area contributed by atoms with E-state index >= 15 is 0 Å². The molecule has 0 radical (unpaired) electrons. The van der Waals surface area contributed by atoms with Crippen LogP contribution < -0.4 is 0 Å². The average Bonchev–Trinajstić information content (AvgIpc) is 2.81. The Kier molecular flexibility index (Phi) is 8.61. The molecule has 0 bridgehead atoms. The lowest BCUT2D eigenvalue weighted by molar-refractivity contribution is 0.103. The van der Waals surface area contributed by atoms with E-state index in [2.05, 4.69) is 0 Å². The minimum absolute atomic E-state index is 0. The Balaban J connectivity index is 0.000000200. The Morgan fingerprint density at radius 2 is 0.517 bits per heavy atom. The van der Waals surface area contributed by atoms with Gasteiger partial charge in [-0.25, -0.2) is 0 Å². The summed E-state index contributed by atoms with van der Waals surface area (Å²) in [5.41, 5.74) is 2.94. The smallest absolute Gasteiger partial charge is 0.193 e. The van der Waals surface area contributed by atoms with Crippen LogP contribution in [0.4, 0.5) is 0 Å². The summed E-state index contributed by atoms with van der Waals surface area (Å²) in [6, 6.07) is 37.2. The number of carbonyl (C=O) groups excluding carboxylic acids is 2. The molecule has 144 valence electrons. The fourth-order valence-corrected chi connectivity index (χ4v) is 2.69. The highest BCUT2D eigenvalue weighted by Gasteiger charge is 2.07. The van der Waals surface area contributed by atoms with Crippen molar-refractivity contribution in [3.05, 3.63) is 144 Å². The molecule has 0 amide bonds. The molecule has 0 spiro atoms. The summed E-state index contributed by atoms with van der Waals surface area (Å²) in [5, 5.41) is 0. The summed E-state index contributed by atoms with van der Waals surface area (Å²) >= 11 is 0. The summed E-state index contributed by atoms with van der Waals surface area (Å²) in [7, 11) is 0. The Morgan fingerprint density at radius 3 is 0.690 bits per heavy atom. The Morgan fingerprint density at radius 1 is 0.345 bits per heavy atom. The first-order chi connectivity index (χ1) is 13.8. The van der Waals surface area contributed by atoms with Crippen LogP contribution in [0.3, 0.4) is 0 Å². The maximum absolute atomic E-state index is 11.8. The van der Waals surface area contributed by atoms with Crippen LogP contribution in [0.5, 0.6) is 0 Å². The van der Waals surface area contributed by atoms with Crippen molar-refractivity contribution in [2.24, 2.45) is 0 Å². The van der Waals surface area contributed by atoms with Gasteiger partial charge in [0.1, 0.15) is 0 Å². The highest BCUT2D eigenvalue weighted by atomic mass is 32.1. The molecule has 0 aliphatic rings. The fraction of sp³-hybridized carbons (Fsp3) is 0. The molecule has 4 rings (SSSR count). The standard InChI is InChI=1S/2C13H10O.H2S/c2*14-13(11-7-3-1-4-8-11)12-9-5-2-6-10-12;/h2*1-10H;1H2. The van der Waals surface area contributed by atoms with Crippen molar-refractivity contribution in [3.63, 3.8) is 0 Å².